The Kier molecular flexibility index (Phi) is 5.07. The summed E-state index contributed by atoms with van der Waals surface area (Å²) in [5, 5.41) is 21.0. The van der Waals surface area contributed by atoms with Gasteiger partial charge in [-0.05, 0) is 18.6 Å². The Bertz CT molecular complexity index is 615. The number of carbonyl (C=O) groups is 2. The fraction of sp³-hybridized carbons (Fsp3) is 0.333. The Morgan fingerprint density at radius 2 is 2.00 bits per heavy atom. The van der Waals surface area contributed by atoms with Crippen LogP contribution in [0.25, 0.3) is 0 Å². The number of benzene rings is 1. The second kappa shape index (κ2) is 6.41. The maximum atomic E-state index is 12.3. The molecule has 22 heavy (non-hydrogen) atoms. The van der Waals surface area contributed by atoms with Crippen LogP contribution in [-0.4, -0.2) is 34.1 Å². The molecule has 1 unspecified atom stereocenters. The summed E-state index contributed by atoms with van der Waals surface area (Å²) in [6, 6.07) is 0.979. The molecule has 120 valence electrons. The zero-order valence-electron chi connectivity index (χ0n) is 11.2. The lowest BCUT2D eigenvalue weighted by molar-refractivity contribution is -0.384. The highest BCUT2D eigenvalue weighted by Gasteiger charge is 2.36. The average molecular weight is 320 g/mol. The first-order chi connectivity index (χ1) is 10.0. The van der Waals surface area contributed by atoms with Crippen LogP contribution in [0.1, 0.15) is 22.3 Å². The monoisotopic (exact) mass is 320 g/mol. The Morgan fingerprint density at radius 1 is 1.41 bits per heavy atom. The minimum absolute atomic E-state index is 0.140. The van der Waals surface area contributed by atoms with Crippen molar-refractivity contribution in [2.45, 2.75) is 25.6 Å². The molecule has 1 aromatic carbocycles. The normalized spacial score (nSPS) is 12.5. The molecule has 0 saturated heterocycles. The first kappa shape index (κ1) is 17.4. The molecule has 1 atom stereocenters. The van der Waals surface area contributed by atoms with Gasteiger partial charge in [-0.25, -0.2) is 4.79 Å². The Hall–Kier alpha value is -2.65. The Labute approximate surface area is 121 Å². The Morgan fingerprint density at radius 3 is 2.41 bits per heavy atom. The van der Waals surface area contributed by atoms with Gasteiger partial charge in [0.2, 0.25) is 0 Å². The van der Waals surface area contributed by atoms with Crippen LogP contribution in [0.15, 0.2) is 18.2 Å². The quantitative estimate of drug-likeness (QED) is 0.637. The molecule has 0 fully saturated rings. The number of nitrogens with one attached hydrogen (secondary N) is 1. The van der Waals surface area contributed by atoms with Crippen LogP contribution in [0, 0.1) is 17.0 Å². The van der Waals surface area contributed by atoms with Gasteiger partial charge in [-0.1, -0.05) is 0 Å². The molecule has 7 nitrogen and oxygen atoms in total. The number of carbonyl (C=O) groups excluding carboxylic acids is 1. The van der Waals surface area contributed by atoms with Gasteiger partial charge >= 0.3 is 12.1 Å². The zero-order chi connectivity index (χ0) is 17.1. The van der Waals surface area contributed by atoms with E-state index in [2.05, 4.69) is 0 Å². The number of non-ortho nitro benzene ring substituents is 1. The molecule has 0 heterocycles. The number of nitro groups is 1. The van der Waals surface area contributed by atoms with Gasteiger partial charge in [-0.2, -0.15) is 13.2 Å². The predicted molar refractivity (Wildman–Crippen MR) is 67.4 cm³/mol. The number of hydrogen-bond donors (Lipinski definition) is 2. The lowest BCUT2D eigenvalue weighted by Gasteiger charge is -2.16. The summed E-state index contributed by atoms with van der Waals surface area (Å²) in [7, 11) is 0. The van der Waals surface area contributed by atoms with Crippen molar-refractivity contribution in [2.75, 3.05) is 0 Å². The van der Waals surface area contributed by atoms with Crippen molar-refractivity contribution in [3.8, 4) is 0 Å². The molecule has 0 aliphatic rings. The van der Waals surface area contributed by atoms with Crippen molar-refractivity contribution in [3.05, 3.63) is 39.4 Å². The smallest absolute Gasteiger partial charge is 0.391 e. The highest BCUT2D eigenvalue weighted by atomic mass is 19.4. The molecular weight excluding hydrogens is 309 g/mol. The van der Waals surface area contributed by atoms with E-state index < -0.39 is 35.4 Å². The van der Waals surface area contributed by atoms with E-state index in [1.54, 1.807) is 5.32 Å². The average Bonchev–Trinajstić information content (AvgIpc) is 2.35. The van der Waals surface area contributed by atoms with Crippen LogP contribution in [-0.2, 0) is 4.79 Å². The minimum atomic E-state index is -4.76. The number of aryl methyl sites for hydroxylation is 1. The SMILES string of the molecule is Cc1cc([N+](=O)[O-])ccc1C(=O)NC(CC(F)(F)F)C(=O)O. The summed E-state index contributed by atoms with van der Waals surface area (Å²) in [5.41, 5.74) is -0.291. The lowest BCUT2D eigenvalue weighted by atomic mass is 10.1. The number of carboxylic acid groups (broad SMARTS) is 1. The molecule has 1 amide bonds. The van der Waals surface area contributed by atoms with Crippen molar-refractivity contribution in [2.24, 2.45) is 0 Å². The van der Waals surface area contributed by atoms with Crippen molar-refractivity contribution in [1.82, 2.24) is 5.32 Å². The predicted octanol–water partition coefficient (Wildman–Crippen LogP) is 2.04. The van der Waals surface area contributed by atoms with Crippen molar-refractivity contribution >= 4 is 17.6 Å². The van der Waals surface area contributed by atoms with Crippen molar-refractivity contribution in [3.63, 3.8) is 0 Å². The number of hydrogen-bond acceptors (Lipinski definition) is 4. The molecule has 2 N–H and O–H groups in total. The molecule has 10 heteroatoms. The number of carboxylic acids is 1. The van der Waals surface area contributed by atoms with Crippen LogP contribution in [0.2, 0.25) is 0 Å². The van der Waals surface area contributed by atoms with Gasteiger partial charge in [0.05, 0.1) is 11.3 Å². The van der Waals surface area contributed by atoms with E-state index in [1.165, 1.54) is 6.92 Å². The standard InChI is InChI=1S/C12H11F3N2O5/c1-6-4-7(17(21)22)2-3-8(6)10(18)16-9(11(19)20)5-12(13,14)15/h2-4,9H,5H2,1H3,(H,16,18)(H,19,20). The third-order valence-corrected chi connectivity index (χ3v) is 2.70. The molecule has 1 aromatic rings. The first-order valence-electron chi connectivity index (χ1n) is 5.86. The van der Waals surface area contributed by atoms with Crippen LogP contribution in [0.5, 0.6) is 0 Å². The molecule has 0 radical (unpaired) electrons. The number of aliphatic carboxylic acids is 1. The van der Waals surface area contributed by atoms with Gasteiger partial charge in [0.15, 0.2) is 0 Å². The van der Waals surface area contributed by atoms with Gasteiger partial charge in [0, 0.05) is 17.7 Å². The van der Waals surface area contributed by atoms with Crippen LogP contribution in [0.3, 0.4) is 0 Å². The third-order valence-electron chi connectivity index (χ3n) is 2.70. The van der Waals surface area contributed by atoms with Crippen molar-refractivity contribution in [1.29, 1.82) is 0 Å². The van der Waals surface area contributed by atoms with Crippen LogP contribution < -0.4 is 5.32 Å². The van der Waals surface area contributed by atoms with Gasteiger partial charge in [-0.15, -0.1) is 0 Å². The van der Waals surface area contributed by atoms with E-state index in [-0.39, 0.29) is 16.8 Å². The summed E-state index contributed by atoms with van der Waals surface area (Å²) in [5.74, 6) is -2.88. The summed E-state index contributed by atoms with van der Waals surface area (Å²) in [6.45, 7) is 1.35. The minimum Gasteiger partial charge on any atom is -0.480 e. The highest BCUT2D eigenvalue weighted by Crippen LogP contribution is 2.22. The molecule has 0 saturated carbocycles. The molecular formula is C12H11F3N2O5. The van der Waals surface area contributed by atoms with Gasteiger partial charge in [-0.3, -0.25) is 14.9 Å². The maximum Gasteiger partial charge on any atom is 0.391 e. The second-order valence-corrected chi connectivity index (χ2v) is 4.44. The van der Waals surface area contributed by atoms with Crippen LogP contribution in [0.4, 0.5) is 18.9 Å². The maximum absolute atomic E-state index is 12.3. The topological polar surface area (TPSA) is 110 Å². The first-order valence-corrected chi connectivity index (χ1v) is 5.86. The van der Waals surface area contributed by atoms with E-state index in [1.807, 2.05) is 0 Å². The largest absolute Gasteiger partial charge is 0.480 e. The number of alkyl halides is 3. The molecule has 0 spiro atoms. The summed E-state index contributed by atoms with van der Waals surface area (Å²) >= 11 is 0. The summed E-state index contributed by atoms with van der Waals surface area (Å²) in [4.78, 5) is 32.5. The lowest BCUT2D eigenvalue weighted by Crippen LogP contribution is -2.43. The van der Waals surface area contributed by atoms with E-state index in [0.29, 0.717) is 0 Å². The van der Waals surface area contributed by atoms with E-state index in [0.717, 1.165) is 18.2 Å². The second-order valence-electron chi connectivity index (χ2n) is 4.44. The molecule has 0 bridgehead atoms. The van der Waals surface area contributed by atoms with Gasteiger partial charge in [0.1, 0.15) is 6.04 Å². The number of halogens is 3. The fourth-order valence-electron chi connectivity index (χ4n) is 1.68. The fourth-order valence-corrected chi connectivity index (χ4v) is 1.68. The molecule has 0 aromatic heterocycles. The number of nitrogens with zero attached hydrogens (tertiary/aromatic N) is 1. The summed E-state index contributed by atoms with van der Waals surface area (Å²) in [6.07, 6.45) is -6.49. The van der Waals surface area contributed by atoms with E-state index in [9.17, 15) is 32.9 Å². The molecule has 1 rings (SSSR count). The van der Waals surface area contributed by atoms with E-state index in [4.69, 9.17) is 5.11 Å². The third kappa shape index (κ3) is 4.72. The summed E-state index contributed by atoms with van der Waals surface area (Å²) < 4.78 is 36.8. The molecule has 0 aliphatic heterocycles. The molecule has 0 aliphatic carbocycles. The highest BCUT2D eigenvalue weighted by molar-refractivity contribution is 5.98. The number of rotatable bonds is 5. The van der Waals surface area contributed by atoms with Crippen LogP contribution >= 0.6 is 0 Å². The van der Waals surface area contributed by atoms with Gasteiger partial charge in [0.25, 0.3) is 11.6 Å². The van der Waals surface area contributed by atoms with Crippen molar-refractivity contribution < 1.29 is 32.8 Å². The van der Waals surface area contributed by atoms with E-state index >= 15 is 0 Å². The zero-order valence-corrected chi connectivity index (χ0v) is 11.2. The van der Waals surface area contributed by atoms with Gasteiger partial charge < -0.3 is 10.4 Å². The Balaban J connectivity index is 2.95. The number of amides is 1. The number of nitro benzene ring substituents is 1.